The van der Waals surface area contributed by atoms with E-state index in [4.69, 9.17) is 0 Å². The summed E-state index contributed by atoms with van der Waals surface area (Å²) >= 11 is 0. The van der Waals surface area contributed by atoms with Gasteiger partial charge in [0.25, 0.3) is 0 Å². The molecule has 0 aliphatic heterocycles. The minimum Gasteiger partial charge on any atom is -0.354 e. The fourth-order valence-corrected chi connectivity index (χ4v) is 0.882. The summed E-state index contributed by atoms with van der Waals surface area (Å²) in [6.07, 6.45) is 2.80. The molecule has 1 N–H and O–H groups in total. The fraction of sp³-hybridized carbons (Fsp3) is 0.875. The molecule has 10 heavy (non-hydrogen) atoms. The average molecular weight is 143 g/mol. The Kier molecular flexibility index (Phi) is 4.99. The van der Waals surface area contributed by atoms with Crippen molar-refractivity contribution in [3.63, 3.8) is 0 Å². The summed E-state index contributed by atoms with van der Waals surface area (Å²) in [6.45, 7) is 6.03. The molecule has 0 rings (SSSR count). The van der Waals surface area contributed by atoms with Crippen LogP contribution in [-0.2, 0) is 4.79 Å². The van der Waals surface area contributed by atoms with Crippen molar-refractivity contribution in [2.75, 3.05) is 0 Å². The molecule has 60 valence electrons. The first-order chi connectivity index (χ1) is 4.70. The predicted octanol–water partition coefficient (Wildman–Crippen LogP) is 1.70. The Morgan fingerprint density at radius 1 is 1.50 bits per heavy atom. The Labute approximate surface area is 63.0 Å². The third-order valence-electron chi connectivity index (χ3n) is 1.45. The van der Waals surface area contributed by atoms with Crippen LogP contribution in [0.25, 0.3) is 0 Å². The van der Waals surface area contributed by atoms with Gasteiger partial charge in [0.2, 0.25) is 5.91 Å². The second-order valence-electron chi connectivity index (χ2n) is 2.61. The molecular formula is C8H17NO. The summed E-state index contributed by atoms with van der Waals surface area (Å²) in [5, 5.41) is 2.89. The van der Waals surface area contributed by atoms with Gasteiger partial charge < -0.3 is 5.32 Å². The molecular weight excluding hydrogens is 126 g/mol. The first kappa shape index (κ1) is 9.47. The van der Waals surface area contributed by atoms with Gasteiger partial charge in [0.05, 0.1) is 0 Å². The van der Waals surface area contributed by atoms with Crippen molar-refractivity contribution in [2.45, 2.75) is 46.1 Å². The lowest BCUT2D eigenvalue weighted by Gasteiger charge is -2.10. The van der Waals surface area contributed by atoms with E-state index in [-0.39, 0.29) is 5.91 Å². The highest BCUT2D eigenvalue weighted by Gasteiger charge is 2.02. The molecule has 0 aromatic carbocycles. The van der Waals surface area contributed by atoms with Crippen LogP contribution in [0.2, 0.25) is 0 Å². The summed E-state index contributed by atoms with van der Waals surface area (Å²) in [7, 11) is 0. The molecule has 0 radical (unpaired) electrons. The molecule has 0 saturated heterocycles. The highest BCUT2D eigenvalue weighted by atomic mass is 16.1. The Morgan fingerprint density at radius 2 is 2.10 bits per heavy atom. The normalized spacial score (nSPS) is 12.7. The molecule has 1 amide bonds. The highest BCUT2D eigenvalue weighted by molar-refractivity contribution is 5.75. The van der Waals surface area contributed by atoms with Crippen LogP contribution in [0.4, 0.5) is 0 Å². The van der Waals surface area contributed by atoms with Crippen molar-refractivity contribution in [3.8, 4) is 0 Å². The summed E-state index contributed by atoms with van der Waals surface area (Å²) < 4.78 is 0. The Bertz CT molecular complexity index is 101. The first-order valence-electron chi connectivity index (χ1n) is 4.00. The van der Waals surface area contributed by atoms with Crippen molar-refractivity contribution in [3.05, 3.63) is 0 Å². The molecule has 0 aliphatic rings. The molecule has 0 aromatic rings. The van der Waals surface area contributed by atoms with Crippen LogP contribution in [0, 0.1) is 0 Å². The molecule has 0 spiro atoms. The molecule has 2 heteroatoms. The molecule has 0 aliphatic carbocycles. The van der Waals surface area contributed by atoms with Crippen molar-refractivity contribution in [1.82, 2.24) is 5.32 Å². The van der Waals surface area contributed by atoms with Gasteiger partial charge in [0.15, 0.2) is 0 Å². The molecule has 1 atom stereocenters. The van der Waals surface area contributed by atoms with E-state index in [0.717, 1.165) is 12.8 Å². The lowest BCUT2D eigenvalue weighted by molar-refractivity contribution is -0.121. The Hall–Kier alpha value is -0.530. The van der Waals surface area contributed by atoms with Crippen LogP contribution in [0.1, 0.15) is 40.0 Å². The van der Waals surface area contributed by atoms with Crippen LogP contribution in [0.5, 0.6) is 0 Å². The standard InChI is InChI=1S/C8H17NO/c1-4-6-7(3)9-8(10)5-2/h7H,4-6H2,1-3H3,(H,9,10)/t7-/m0/s1. The van der Waals surface area contributed by atoms with Gasteiger partial charge in [-0.3, -0.25) is 4.79 Å². The van der Waals surface area contributed by atoms with Gasteiger partial charge >= 0.3 is 0 Å². The molecule has 0 fully saturated rings. The van der Waals surface area contributed by atoms with Gasteiger partial charge in [-0.25, -0.2) is 0 Å². The predicted molar refractivity (Wildman–Crippen MR) is 42.8 cm³/mol. The molecule has 2 nitrogen and oxygen atoms in total. The average Bonchev–Trinajstić information content (AvgIpc) is 1.88. The zero-order valence-corrected chi connectivity index (χ0v) is 7.11. The van der Waals surface area contributed by atoms with E-state index >= 15 is 0 Å². The van der Waals surface area contributed by atoms with Gasteiger partial charge in [-0.15, -0.1) is 0 Å². The number of hydrogen-bond donors (Lipinski definition) is 1. The van der Waals surface area contributed by atoms with Crippen LogP contribution in [-0.4, -0.2) is 11.9 Å². The quantitative estimate of drug-likeness (QED) is 0.637. The lowest BCUT2D eigenvalue weighted by atomic mass is 10.2. The number of carbonyl (C=O) groups is 1. The van der Waals surface area contributed by atoms with Gasteiger partial charge in [-0.05, 0) is 13.3 Å². The molecule has 0 aromatic heterocycles. The van der Waals surface area contributed by atoms with Crippen LogP contribution in [0.15, 0.2) is 0 Å². The molecule has 0 saturated carbocycles. The minimum atomic E-state index is 0.154. The second kappa shape index (κ2) is 5.27. The van der Waals surface area contributed by atoms with Crippen molar-refractivity contribution in [1.29, 1.82) is 0 Å². The zero-order chi connectivity index (χ0) is 7.98. The lowest BCUT2D eigenvalue weighted by Crippen LogP contribution is -2.31. The van der Waals surface area contributed by atoms with E-state index in [1.807, 2.05) is 13.8 Å². The maximum atomic E-state index is 10.8. The summed E-state index contributed by atoms with van der Waals surface area (Å²) in [4.78, 5) is 10.8. The first-order valence-corrected chi connectivity index (χ1v) is 4.00. The van der Waals surface area contributed by atoms with Gasteiger partial charge in [-0.2, -0.15) is 0 Å². The molecule has 0 unspecified atom stereocenters. The third-order valence-corrected chi connectivity index (χ3v) is 1.45. The molecule has 0 bridgehead atoms. The smallest absolute Gasteiger partial charge is 0.219 e. The highest BCUT2D eigenvalue weighted by Crippen LogP contribution is 1.94. The second-order valence-corrected chi connectivity index (χ2v) is 2.61. The summed E-state index contributed by atoms with van der Waals surface area (Å²) in [6, 6.07) is 0.345. The monoisotopic (exact) mass is 143 g/mol. The van der Waals surface area contributed by atoms with Crippen LogP contribution >= 0.6 is 0 Å². The maximum Gasteiger partial charge on any atom is 0.219 e. The van der Waals surface area contributed by atoms with E-state index in [0.29, 0.717) is 12.5 Å². The van der Waals surface area contributed by atoms with E-state index in [1.54, 1.807) is 0 Å². The number of nitrogens with one attached hydrogen (secondary N) is 1. The van der Waals surface area contributed by atoms with Gasteiger partial charge in [0, 0.05) is 12.5 Å². The minimum absolute atomic E-state index is 0.154. The largest absolute Gasteiger partial charge is 0.354 e. The van der Waals surface area contributed by atoms with Gasteiger partial charge in [-0.1, -0.05) is 20.3 Å². The summed E-state index contributed by atoms with van der Waals surface area (Å²) in [5.41, 5.74) is 0. The number of amides is 1. The van der Waals surface area contributed by atoms with E-state index < -0.39 is 0 Å². The van der Waals surface area contributed by atoms with E-state index in [2.05, 4.69) is 12.2 Å². The summed E-state index contributed by atoms with van der Waals surface area (Å²) in [5.74, 6) is 0.154. The van der Waals surface area contributed by atoms with Crippen LogP contribution in [0.3, 0.4) is 0 Å². The fourth-order valence-electron chi connectivity index (χ4n) is 0.882. The van der Waals surface area contributed by atoms with Crippen LogP contribution < -0.4 is 5.32 Å². The van der Waals surface area contributed by atoms with Crippen molar-refractivity contribution < 1.29 is 4.79 Å². The number of carbonyl (C=O) groups excluding carboxylic acids is 1. The maximum absolute atomic E-state index is 10.8. The topological polar surface area (TPSA) is 29.1 Å². The Morgan fingerprint density at radius 3 is 2.50 bits per heavy atom. The van der Waals surface area contributed by atoms with Crippen molar-refractivity contribution in [2.24, 2.45) is 0 Å². The molecule has 0 heterocycles. The third kappa shape index (κ3) is 4.36. The van der Waals surface area contributed by atoms with Crippen molar-refractivity contribution >= 4 is 5.91 Å². The zero-order valence-electron chi connectivity index (χ0n) is 7.11. The van der Waals surface area contributed by atoms with Gasteiger partial charge in [0.1, 0.15) is 0 Å². The SMILES string of the molecule is CCC[C@H](C)NC(=O)CC. The van der Waals surface area contributed by atoms with E-state index in [1.165, 1.54) is 0 Å². The van der Waals surface area contributed by atoms with E-state index in [9.17, 15) is 4.79 Å². The Balaban J connectivity index is 3.37. The number of hydrogen-bond acceptors (Lipinski definition) is 1. The number of rotatable bonds is 4.